The first-order valence-corrected chi connectivity index (χ1v) is 7.86. The van der Waals surface area contributed by atoms with Gasteiger partial charge in [0, 0.05) is 12.6 Å². The third-order valence-corrected chi connectivity index (χ3v) is 4.68. The first-order chi connectivity index (χ1) is 9.13. The van der Waals surface area contributed by atoms with Gasteiger partial charge in [-0.25, -0.2) is 0 Å². The molecule has 1 aliphatic carbocycles. The molecule has 108 valence electrons. The Morgan fingerprint density at radius 1 is 1.37 bits per heavy atom. The van der Waals surface area contributed by atoms with E-state index >= 15 is 0 Å². The number of hydrogen-bond donors (Lipinski definition) is 1. The molecule has 0 amide bonds. The van der Waals surface area contributed by atoms with Crippen molar-refractivity contribution in [1.29, 1.82) is 0 Å². The second kappa shape index (κ2) is 6.56. The van der Waals surface area contributed by atoms with Crippen LogP contribution >= 0.6 is 0 Å². The third kappa shape index (κ3) is 3.59. The molecule has 0 saturated heterocycles. The molecular formula is C16H28N2O. The molecule has 0 bridgehead atoms. The van der Waals surface area contributed by atoms with Gasteiger partial charge in [-0.2, -0.15) is 5.10 Å². The summed E-state index contributed by atoms with van der Waals surface area (Å²) >= 11 is 0. The van der Waals surface area contributed by atoms with Crippen LogP contribution in [-0.2, 0) is 6.42 Å². The molecule has 1 aromatic rings. The topological polar surface area (TPSA) is 38.0 Å². The lowest BCUT2D eigenvalue weighted by molar-refractivity contribution is 0.108. The molecule has 3 nitrogen and oxygen atoms in total. The maximum absolute atomic E-state index is 10.3. The van der Waals surface area contributed by atoms with E-state index in [0.717, 1.165) is 24.5 Å². The van der Waals surface area contributed by atoms with Gasteiger partial charge in [0.2, 0.25) is 0 Å². The van der Waals surface area contributed by atoms with Crippen molar-refractivity contribution >= 4 is 0 Å². The Balaban J connectivity index is 1.92. The lowest BCUT2D eigenvalue weighted by atomic mass is 9.96. The Morgan fingerprint density at radius 3 is 2.68 bits per heavy atom. The molecule has 2 rings (SSSR count). The summed E-state index contributed by atoms with van der Waals surface area (Å²) in [5.74, 6) is 1.26. The highest BCUT2D eigenvalue weighted by atomic mass is 16.3. The maximum atomic E-state index is 10.3. The largest absolute Gasteiger partial charge is 0.392 e. The highest BCUT2D eigenvalue weighted by molar-refractivity contribution is 5.02. The van der Waals surface area contributed by atoms with E-state index < -0.39 is 0 Å². The second-order valence-corrected chi connectivity index (χ2v) is 6.21. The Kier molecular flexibility index (Phi) is 5.03. The smallest absolute Gasteiger partial charge is 0.0650 e. The molecule has 0 radical (unpaired) electrons. The minimum atomic E-state index is -0.213. The van der Waals surface area contributed by atoms with E-state index in [1.807, 2.05) is 0 Å². The predicted octanol–water partition coefficient (Wildman–Crippen LogP) is 3.58. The maximum Gasteiger partial charge on any atom is 0.0650 e. The fourth-order valence-corrected chi connectivity index (χ4v) is 3.33. The van der Waals surface area contributed by atoms with Crippen LogP contribution in [0.15, 0.2) is 12.3 Å². The summed E-state index contributed by atoms with van der Waals surface area (Å²) < 4.78 is 2.07. The van der Waals surface area contributed by atoms with Gasteiger partial charge >= 0.3 is 0 Å². The van der Waals surface area contributed by atoms with Crippen LogP contribution in [-0.4, -0.2) is 21.0 Å². The van der Waals surface area contributed by atoms with Crippen LogP contribution in [0, 0.1) is 11.8 Å². The van der Waals surface area contributed by atoms with Gasteiger partial charge in [0.1, 0.15) is 0 Å². The van der Waals surface area contributed by atoms with Crippen LogP contribution in [0.5, 0.6) is 0 Å². The molecule has 1 N–H and O–H groups in total. The van der Waals surface area contributed by atoms with E-state index in [0.29, 0.717) is 18.4 Å². The van der Waals surface area contributed by atoms with Crippen LogP contribution in [0.2, 0.25) is 0 Å². The van der Waals surface area contributed by atoms with E-state index in [9.17, 15) is 5.11 Å². The molecule has 1 saturated carbocycles. The van der Waals surface area contributed by atoms with Crippen molar-refractivity contribution in [2.45, 2.75) is 71.4 Å². The summed E-state index contributed by atoms with van der Waals surface area (Å²) in [7, 11) is 0. The quantitative estimate of drug-likeness (QED) is 0.852. The third-order valence-electron chi connectivity index (χ3n) is 4.68. The molecule has 19 heavy (non-hydrogen) atoms. The average Bonchev–Trinajstić information content (AvgIpc) is 3.00. The van der Waals surface area contributed by atoms with E-state index in [1.54, 1.807) is 0 Å². The standard InChI is InChI=1S/C16H28N2O/c1-4-15(5-2)18-9-8-14(17-18)11-16(19)13-7-6-12(3)10-13/h8-9,12-13,15-16,19H,4-7,10-11H2,1-3H3. The molecule has 3 atom stereocenters. The summed E-state index contributed by atoms with van der Waals surface area (Å²) in [5, 5.41) is 15.0. The first kappa shape index (κ1) is 14.6. The minimum absolute atomic E-state index is 0.213. The molecule has 0 aromatic carbocycles. The Morgan fingerprint density at radius 2 is 2.11 bits per heavy atom. The zero-order chi connectivity index (χ0) is 13.8. The number of nitrogens with zero attached hydrogens (tertiary/aromatic N) is 2. The Hall–Kier alpha value is -0.830. The van der Waals surface area contributed by atoms with E-state index in [4.69, 9.17) is 0 Å². The van der Waals surface area contributed by atoms with Gasteiger partial charge in [-0.3, -0.25) is 4.68 Å². The van der Waals surface area contributed by atoms with Gasteiger partial charge in [0.25, 0.3) is 0 Å². The number of aliphatic hydroxyl groups is 1. The van der Waals surface area contributed by atoms with Crippen molar-refractivity contribution in [3.05, 3.63) is 18.0 Å². The normalized spacial score (nSPS) is 25.1. The molecule has 3 heteroatoms. The fourth-order valence-electron chi connectivity index (χ4n) is 3.33. The van der Waals surface area contributed by atoms with Crippen molar-refractivity contribution in [1.82, 2.24) is 9.78 Å². The van der Waals surface area contributed by atoms with E-state index in [1.165, 1.54) is 19.3 Å². The van der Waals surface area contributed by atoms with Gasteiger partial charge in [0.15, 0.2) is 0 Å². The molecular weight excluding hydrogens is 236 g/mol. The lowest BCUT2D eigenvalue weighted by Crippen LogP contribution is -2.21. The van der Waals surface area contributed by atoms with E-state index in [-0.39, 0.29) is 6.10 Å². The monoisotopic (exact) mass is 264 g/mol. The molecule has 1 aromatic heterocycles. The number of hydrogen-bond acceptors (Lipinski definition) is 2. The molecule has 0 spiro atoms. The van der Waals surface area contributed by atoms with Crippen molar-refractivity contribution in [3.63, 3.8) is 0 Å². The van der Waals surface area contributed by atoms with Gasteiger partial charge in [-0.15, -0.1) is 0 Å². The molecule has 1 heterocycles. The van der Waals surface area contributed by atoms with Crippen molar-refractivity contribution in [2.24, 2.45) is 11.8 Å². The van der Waals surface area contributed by atoms with Gasteiger partial charge in [0.05, 0.1) is 17.8 Å². The number of rotatable bonds is 6. The highest BCUT2D eigenvalue weighted by Gasteiger charge is 2.28. The summed E-state index contributed by atoms with van der Waals surface area (Å²) in [6.07, 6.45) is 8.41. The molecule has 0 aliphatic heterocycles. The predicted molar refractivity (Wildman–Crippen MR) is 78.1 cm³/mol. The van der Waals surface area contributed by atoms with Crippen LogP contribution in [0.3, 0.4) is 0 Å². The minimum Gasteiger partial charge on any atom is -0.392 e. The number of aromatic nitrogens is 2. The zero-order valence-corrected chi connectivity index (χ0v) is 12.5. The lowest BCUT2D eigenvalue weighted by Gasteiger charge is -2.17. The van der Waals surface area contributed by atoms with Crippen LogP contribution in [0.25, 0.3) is 0 Å². The van der Waals surface area contributed by atoms with Crippen molar-refractivity contribution < 1.29 is 5.11 Å². The van der Waals surface area contributed by atoms with Crippen LogP contribution in [0.4, 0.5) is 0 Å². The Labute approximate surface area is 117 Å². The summed E-state index contributed by atoms with van der Waals surface area (Å²) in [5.41, 5.74) is 1.04. The summed E-state index contributed by atoms with van der Waals surface area (Å²) in [6.45, 7) is 6.68. The van der Waals surface area contributed by atoms with Crippen molar-refractivity contribution in [2.75, 3.05) is 0 Å². The summed E-state index contributed by atoms with van der Waals surface area (Å²) in [4.78, 5) is 0. The average molecular weight is 264 g/mol. The molecule has 1 fully saturated rings. The zero-order valence-electron chi connectivity index (χ0n) is 12.5. The van der Waals surface area contributed by atoms with Gasteiger partial charge in [-0.1, -0.05) is 27.2 Å². The summed E-state index contributed by atoms with van der Waals surface area (Å²) in [6, 6.07) is 2.57. The van der Waals surface area contributed by atoms with Gasteiger partial charge < -0.3 is 5.11 Å². The first-order valence-electron chi connectivity index (χ1n) is 7.86. The molecule has 1 aliphatic rings. The fraction of sp³-hybridized carbons (Fsp3) is 0.812. The van der Waals surface area contributed by atoms with E-state index in [2.05, 4.69) is 42.8 Å². The second-order valence-electron chi connectivity index (χ2n) is 6.21. The number of aliphatic hydroxyl groups excluding tert-OH is 1. The molecule has 3 unspecified atom stereocenters. The van der Waals surface area contributed by atoms with Crippen LogP contribution in [0.1, 0.15) is 64.6 Å². The Bertz CT molecular complexity index is 384. The van der Waals surface area contributed by atoms with Crippen LogP contribution < -0.4 is 0 Å². The highest BCUT2D eigenvalue weighted by Crippen LogP contribution is 2.33. The SMILES string of the molecule is CCC(CC)n1ccc(CC(O)C2CCC(C)C2)n1. The van der Waals surface area contributed by atoms with Crippen molar-refractivity contribution in [3.8, 4) is 0 Å². The van der Waals surface area contributed by atoms with Gasteiger partial charge in [-0.05, 0) is 43.6 Å².